The van der Waals surface area contributed by atoms with Crippen LogP contribution in [0.3, 0.4) is 0 Å². The van der Waals surface area contributed by atoms with Gasteiger partial charge in [0, 0.05) is 35.0 Å². The zero-order chi connectivity index (χ0) is 23.7. The monoisotopic (exact) mass is 452 g/mol. The molecule has 0 saturated heterocycles. The molecule has 5 rings (SSSR count). The third-order valence-electron chi connectivity index (χ3n) is 5.25. The molecule has 0 radical (unpaired) electrons. The van der Waals surface area contributed by atoms with E-state index in [4.69, 9.17) is 10.8 Å². The summed E-state index contributed by atoms with van der Waals surface area (Å²) >= 11 is 0. The van der Waals surface area contributed by atoms with Crippen LogP contribution in [0.5, 0.6) is 0 Å². The Kier molecular flexibility index (Phi) is 5.27. The molecule has 0 bridgehead atoms. The van der Waals surface area contributed by atoms with Gasteiger partial charge in [-0.05, 0) is 54.6 Å². The van der Waals surface area contributed by atoms with Gasteiger partial charge >= 0.3 is 0 Å². The lowest BCUT2D eigenvalue weighted by Crippen LogP contribution is -1.99. The SMILES string of the molecule is Nc1nc(-c2ccc([N+](=O)[O-])cc2)cc(-c2cn(-c3ccccc3)nc2-c2ccc(F)cc2)n1. The number of para-hydroxylation sites is 1. The quantitative estimate of drug-likeness (QED) is 0.286. The number of hydrogen-bond acceptors (Lipinski definition) is 6. The highest BCUT2D eigenvalue weighted by Gasteiger charge is 2.18. The largest absolute Gasteiger partial charge is 0.368 e. The van der Waals surface area contributed by atoms with Crippen molar-refractivity contribution in [2.45, 2.75) is 0 Å². The maximum absolute atomic E-state index is 13.6. The standard InChI is InChI=1S/C25H17FN6O2/c26-18-10-6-17(7-11-18)24-21(15-31(30-24)19-4-2-1-3-5-19)23-14-22(28-25(27)29-23)16-8-12-20(13-9-16)32(33)34/h1-15H,(H2,27,28,29). The van der Waals surface area contributed by atoms with Crippen LogP contribution in [0.1, 0.15) is 0 Å². The molecule has 9 heteroatoms. The molecule has 0 fully saturated rings. The van der Waals surface area contributed by atoms with Crippen molar-refractivity contribution < 1.29 is 9.31 Å². The molecule has 2 heterocycles. The predicted octanol–water partition coefficient (Wildman–Crippen LogP) is 5.29. The summed E-state index contributed by atoms with van der Waals surface area (Å²) in [6, 6.07) is 23.4. The van der Waals surface area contributed by atoms with E-state index in [1.807, 2.05) is 36.5 Å². The van der Waals surface area contributed by atoms with Gasteiger partial charge in [0.1, 0.15) is 11.5 Å². The van der Waals surface area contributed by atoms with Crippen LogP contribution >= 0.6 is 0 Å². The first kappa shape index (κ1) is 21.0. The number of hydrogen-bond donors (Lipinski definition) is 1. The number of nitro benzene ring substituents is 1. The number of non-ortho nitro benzene ring substituents is 1. The Bertz CT molecular complexity index is 1480. The summed E-state index contributed by atoms with van der Waals surface area (Å²) in [5.41, 5.74) is 10.5. The summed E-state index contributed by atoms with van der Waals surface area (Å²) in [6.07, 6.45) is 1.83. The van der Waals surface area contributed by atoms with Gasteiger partial charge in [-0.1, -0.05) is 18.2 Å². The van der Waals surface area contributed by atoms with Gasteiger partial charge in [-0.3, -0.25) is 10.1 Å². The number of nitro groups is 1. The fourth-order valence-corrected chi connectivity index (χ4v) is 3.60. The van der Waals surface area contributed by atoms with Crippen molar-refractivity contribution in [1.29, 1.82) is 0 Å². The summed E-state index contributed by atoms with van der Waals surface area (Å²) in [4.78, 5) is 19.2. The van der Waals surface area contributed by atoms with Crippen molar-refractivity contribution in [2.24, 2.45) is 0 Å². The second-order valence-corrected chi connectivity index (χ2v) is 7.48. The first-order valence-corrected chi connectivity index (χ1v) is 10.3. The lowest BCUT2D eigenvalue weighted by Gasteiger charge is -2.07. The number of nitrogen functional groups attached to an aromatic ring is 1. The molecular formula is C25H17FN6O2. The molecule has 0 unspecified atom stereocenters. The maximum atomic E-state index is 13.6. The molecule has 8 nitrogen and oxygen atoms in total. The molecule has 0 aliphatic carbocycles. The normalized spacial score (nSPS) is 10.9. The number of aromatic nitrogens is 4. The average Bonchev–Trinajstić information content (AvgIpc) is 3.30. The first-order valence-electron chi connectivity index (χ1n) is 10.3. The van der Waals surface area contributed by atoms with Gasteiger partial charge in [-0.15, -0.1) is 0 Å². The Morgan fingerprint density at radius 2 is 1.50 bits per heavy atom. The van der Waals surface area contributed by atoms with Crippen molar-refractivity contribution in [1.82, 2.24) is 19.7 Å². The van der Waals surface area contributed by atoms with Crippen molar-refractivity contribution in [2.75, 3.05) is 5.73 Å². The van der Waals surface area contributed by atoms with Gasteiger partial charge in [0.05, 0.1) is 22.0 Å². The Labute approximate surface area is 193 Å². The van der Waals surface area contributed by atoms with Gasteiger partial charge in [0.2, 0.25) is 5.95 Å². The van der Waals surface area contributed by atoms with E-state index in [1.54, 1.807) is 35.0 Å². The number of nitrogens with two attached hydrogens (primary N) is 1. The molecule has 166 valence electrons. The highest BCUT2D eigenvalue weighted by molar-refractivity contribution is 5.81. The van der Waals surface area contributed by atoms with E-state index in [1.165, 1.54) is 24.3 Å². The van der Waals surface area contributed by atoms with Gasteiger partial charge in [-0.25, -0.2) is 19.0 Å². The lowest BCUT2D eigenvalue weighted by molar-refractivity contribution is -0.384. The van der Waals surface area contributed by atoms with Crippen LogP contribution in [-0.2, 0) is 0 Å². The van der Waals surface area contributed by atoms with Gasteiger partial charge in [0.25, 0.3) is 5.69 Å². The van der Waals surface area contributed by atoms with Gasteiger partial charge < -0.3 is 5.73 Å². The highest BCUT2D eigenvalue weighted by Crippen LogP contribution is 2.33. The van der Waals surface area contributed by atoms with Crippen LogP contribution in [0.4, 0.5) is 16.0 Å². The Hall–Kier alpha value is -4.92. The smallest absolute Gasteiger partial charge is 0.269 e. The molecule has 0 spiro atoms. The van der Waals surface area contributed by atoms with E-state index >= 15 is 0 Å². The van der Waals surface area contributed by atoms with Crippen LogP contribution in [-0.4, -0.2) is 24.7 Å². The number of anilines is 1. The van der Waals surface area contributed by atoms with Crippen LogP contribution < -0.4 is 5.73 Å². The van der Waals surface area contributed by atoms with E-state index in [0.29, 0.717) is 33.8 Å². The Morgan fingerprint density at radius 3 is 2.18 bits per heavy atom. The second-order valence-electron chi connectivity index (χ2n) is 7.48. The topological polar surface area (TPSA) is 113 Å². The lowest BCUT2D eigenvalue weighted by atomic mass is 10.0. The molecule has 5 aromatic rings. The summed E-state index contributed by atoms with van der Waals surface area (Å²) in [5.74, 6) is -0.303. The fourth-order valence-electron chi connectivity index (χ4n) is 3.60. The van der Waals surface area contributed by atoms with E-state index in [2.05, 4.69) is 9.97 Å². The third-order valence-corrected chi connectivity index (χ3v) is 5.25. The third kappa shape index (κ3) is 4.09. The zero-order valence-corrected chi connectivity index (χ0v) is 17.7. The van der Waals surface area contributed by atoms with E-state index < -0.39 is 4.92 Å². The van der Waals surface area contributed by atoms with Gasteiger partial charge in [0.15, 0.2) is 0 Å². The van der Waals surface area contributed by atoms with Crippen molar-refractivity contribution in [3.05, 3.63) is 107 Å². The van der Waals surface area contributed by atoms with Crippen LogP contribution in [0, 0.1) is 15.9 Å². The molecular weight excluding hydrogens is 435 g/mol. The van der Waals surface area contributed by atoms with E-state index in [0.717, 1.165) is 5.69 Å². The number of nitrogens with zero attached hydrogens (tertiary/aromatic N) is 5. The molecule has 0 saturated carbocycles. The summed E-state index contributed by atoms with van der Waals surface area (Å²) < 4.78 is 15.3. The highest BCUT2D eigenvalue weighted by atomic mass is 19.1. The summed E-state index contributed by atoms with van der Waals surface area (Å²) in [7, 11) is 0. The molecule has 0 amide bonds. The van der Waals surface area contributed by atoms with Crippen LogP contribution in [0.15, 0.2) is 91.1 Å². The Morgan fingerprint density at radius 1 is 0.853 bits per heavy atom. The average molecular weight is 452 g/mol. The number of rotatable bonds is 5. The minimum Gasteiger partial charge on any atom is -0.368 e. The second kappa shape index (κ2) is 8.55. The zero-order valence-electron chi connectivity index (χ0n) is 17.7. The van der Waals surface area contributed by atoms with Crippen LogP contribution in [0.25, 0.3) is 39.5 Å². The van der Waals surface area contributed by atoms with Crippen LogP contribution in [0.2, 0.25) is 0 Å². The minimum atomic E-state index is -0.462. The van der Waals surface area contributed by atoms with Gasteiger partial charge in [-0.2, -0.15) is 5.10 Å². The first-order chi connectivity index (χ1) is 16.5. The minimum absolute atomic E-state index is 0.0197. The number of halogens is 1. The molecule has 0 atom stereocenters. The number of benzene rings is 3. The summed E-state index contributed by atoms with van der Waals surface area (Å²) in [6.45, 7) is 0. The maximum Gasteiger partial charge on any atom is 0.269 e. The fraction of sp³-hybridized carbons (Fsp3) is 0. The molecule has 3 aromatic carbocycles. The Balaban J connectivity index is 1.66. The molecule has 2 N–H and O–H groups in total. The summed E-state index contributed by atoms with van der Waals surface area (Å²) in [5, 5.41) is 15.7. The van der Waals surface area contributed by atoms with Crippen molar-refractivity contribution in [3.8, 4) is 39.5 Å². The predicted molar refractivity (Wildman–Crippen MR) is 126 cm³/mol. The van der Waals surface area contributed by atoms with E-state index in [9.17, 15) is 14.5 Å². The molecule has 0 aliphatic rings. The molecule has 34 heavy (non-hydrogen) atoms. The molecule has 0 aliphatic heterocycles. The van der Waals surface area contributed by atoms with Crippen molar-refractivity contribution in [3.63, 3.8) is 0 Å². The van der Waals surface area contributed by atoms with Crippen molar-refractivity contribution >= 4 is 11.6 Å². The molecule has 2 aromatic heterocycles. The van der Waals surface area contributed by atoms with E-state index in [-0.39, 0.29) is 17.5 Å².